The van der Waals surface area contributed by atoms with Crippen LogP contribution in [0, 0.1) is 0 Å². The highest BCUT2D eigenvalue weighted by Crippen LogP contribution is 2.37. The molecule has 0 aliphatic carbocycles. The van der Waals surface area contributed by atoms with Gasteiger partial charge in [0, 0.05) is 11.3 Å². The fourth-order valence-corrected chi connectivity index (χ4v) is 3.34. The van der Waals surface area contributed by atoms with Crippen LogP contribution in [0.3, 0.4) is 0 Å². The lowest BCUT2D eigenvalue weighted by atomic mass is 10.0. The second-order valence-electron chi connectivity index (χ2n) is 3.14. The van der Waals surface area contributed by atoms with Gasteiger partial charge in [0.15, 0.2) is 0 Å². The van der Waals surface area contributed by atoms with E-state index in [4.69, 9.17) is 9.84 Å². The summed E-state index contributed by atoms with van der Waals surface area (Å²) in [6.45, 7) is 0.623. The van der Waals surface area contributed by atoms with Gasteiger partial charge in [0.1, 0.15) is 0 Å². The molecule has 5 heteroatoms. The molecule has 0 saturated heterocycles. The van der Waals surface area contributed by atoms with Gasteiger partial charge in [0.25, 0.3) is 0 Å². The zero-order valence-electron chi connectivity index (χ0n) is 7.33. The highest BCUT2D eigenvalue weighted by Gasteiger charge is 2.25. The number of carbonyl (C=O) groups is 1. The third-order valence-corrected chi connectivity index (χ3v) is 3.88. The molecule has 76 valence electrons. The first-order chi connectivity index (χ1) is 6.66. The largest absolute Gasteiger partial charge is 0.481 e. The van der Waals surface area contributed by atoms with Crippen LogP contribution < -0.4 is 0 Å². The average molecular weight is 277 g/mol. The molecule has 1 N–H and O–H groups in total. The van der Waals surface area contributed by atoms with Crippen LogP contribution >= 0.6 is 27.3 Å². The summed E-state index contributed by atoms with van der Waals surface area (Å²) in [5.41, 5.74) is 1.04. The summed E-state index contributed by atoms with van der Waals surface area (Å²) < 4.78 is 6.48. The van der Waals surface area contributed by atoms with E-state index in [0.29, 0.717) is 6.61 Å². The molecule has 0 fully saturated rings. The van der Waals surface area contributed by atoms with Gasteiger partial charge in [-0.15, -0.1) is 11.3 Å². The van der Waals surface area contributed by atoms with Gasteiger partial charge in [0.05, 0.1) is 22.9 Å². The summed E-state index contributed by atoms with van der Waals surface area (Å²) in [7, 11) is 0. The second kappa shape index (κ2) is 4.00. The van der Waals surface area contributed by atoms with Gasteiger partial charge in [-0.3, -0.25) is 4.79 Å². The molecule has 1 aromatic rings. The molecule has 0 amide bonds. The third kappa shape index (κ3) is 1.99. The van der Waals surface area contributed by atoms with Crippen molar-refractivity contribution in [3.63, 3.8) is 0 Å². The predicted octanol–water partition coefficient (Wildman–Crippen LogP) is 2.60. The van der Waals surface area contributed by atoms with Crippen molar-refractivity contribution in [1.82, 2.24) is 0 Å². The predicted molar refractivity (Wildman–Crippen MR) is 56.7 cm³/mol. The Bertz CT molecular complexity index is 361. The van der Waals surface area contributed by atoms with Crippen molar-refractivity contribution < 1.29 is 14.6 Å². The third-order valence-electron chi connectivity index (χ3n) is 2.17. The van der Waals surface area contributed by atoms with Gasteiger partial charge < -0.3 is 9.84 Å². The van der Waals surface area contributed by atoms with Gasteiger partial charge in [-0.05, 0) is 27.6 Å². The van der Waals surface area contributed by atoms with Crippen LogP contribution in [-0.2, 0) is 16.0 Å². The Labute approximate surface area is 93.8 Å². The van der Waals surface area contributed by atoms with Crippen LogP contribution in [0.1, 0.15) is 23.0 Å². The van der Waals surface area contributed by atoms with Crippen molar-refractivity contribution in [3.05, 3.63) is 20.3 Å². The lowest BCUT2D eigenvalue weighted by Crippen LogP contribution is -2.17. The molecule has 0 bridgehead atoms. The topological polar surface area (TPSA) is 46.5 Å². The van der Waals surface area contributed by atoms with Crippen LogP contribution in [0.5, 0.6) is 0 Å². The molecule has 14 heavy (non-hydrogen) atoms. The fraction of sp³-hybridized carbons (Fsp3) is 0.444. The van der Waals surface area contributed by atoms with Crippen LogP contribution in [0.2, 0.25) is 0 Å². The van der Waals surface area contributed by atoms with E-state index in [2.05, 4.69) is 15.9 Å². The van der Waals surface area contributed by atoms with Crippen molar-refractivity contribution in [2.75, 3.05) is 6.61 Å². The maximum absolute atomic E-state index is 10.6. The first kappa shape index (κ1) is 10.1. The number of hydrogen-bond donors (Lipinski definition) is 1. The van der Waals surface area contributed by atoms with E-state index >= 15 is 0 Å². The molecular formula is C9H9BrO3S. The Morgan fingerprint density at radius 1 is 1.79 bits per heavy atom. The number of carboxylic acids is 1. The molecule has 0 spiro atoms. The second-order valence-corrected chi connectivity index (χ2v) is 5.65. The Balaban J connectivity index is 2.25. The zero-order valence-corrected chi connectivity index (χ0v) is 9.73. The van der Waals surface area contributed by atoms with Crippen LogP contribution in [0.25, 0.3) is 0 Å². The van der Waals surface area contributed by atoms with E-state index in [1.54, 1.807) is 11.3 Å². The molecular weight excluding hydrogens is 268 g/mol. The lowest BCUT2D eigenvalue weighted by molar-refractivity contribution is -0.140. The van der Waals surface area contributed by atoms with Gasteiger partial charge in [0.2, 0.25) is 0 Å². The molecule has 2 heterocycles. The van der Waals surface area contributed by atoms with E-state index in [-0.39, 0.29) is 12.5 Å². The Morgan fingerprint density at radius 3 is 3.29 bits per heavy atom. The highest BCUT2D eigenvalue weighted by atomic mass is 79.9. The number of carboxylic acid groups (broad SMARTS) is 1. The number of rotatable bonds is 2. The first-order valence-corrected chi connectivity index (χ1v) is 5.89. The van der Waals surface area contributed by atoms with Gasteiger partial charge in [-0.25, -0.2) is 0 Å². The van der Waals surface area contributed by atoms with Crippen molar-refractivity contribution in [3.8, 4) is 0 Å². The van der Waals surface area contributed by atoms with Crippen molar-refractivity contribution in [2.24, 2.45) is 0 Å². The van der Waals surface area contributed by atoms with E-state index in [1.807, 2.05) is 6.07 Å². The summed E-state index contributed by atoms with van der Waals surface area (Å²) in [5.74, 6) is -0.815. The minimum atomic E-state index is -0.815. The van der Waals surface area contributed by atoms with Crippen molar-refractivity contribution in [2.45, 2.75) is 18.9 Å². The van der Waals surface area contributed by atoms with E-state index in [0.717, 1.165) is 15.8 Å². The molecule has 1 aliphatic rings. The number of ether oxygens (including phenoxy) is 1. The monoisotopic (exact) mass is 276 g/mol. The summed E-state index contributed by atoms with van der Waals surface area (Å²) >= 11 is 5.07. The number of thiophene rings is 1. The minimum Gasteiger partial charge on any atom is -0.481 e. The van der Waals surface area contributed by atoms with E-state index < -0.39 is 5.97 Å². The Hall–Kier alpha value is -0.390. The maximum Gasteiger partial charge on any atom is 0.306 e. The Kier molecular flexibility index (Phi) is 2.90. The molecule has 1 aliphatic heterocycles. The molecule has 0 unspecified atom stereocenters. The Morgan fingerprint density at radius 2 is 2.57 bits per heavy atom. The van der Waals surface area contributed by atoms with Gasteiger partial charge in [-0.2, -0.15) is 0 Å². The quantitative estimate of drug-likeness (QED) is 0.903. The number of hydrogen-bond acceptors (Lipinski definition) is 3. The average Bonchev–Trinajstić information content (AvgIpc) is 2.45. The SMILES string of the molecule is O=C(O)C[C@H]1OCCc2sc(Br)cc21. The molecule has 0 saturated carbocycles. The number of halogens is 1. The van der Waals surface area contributed by atoms with Crippen molar-refractivity contribution in [1.29, 1.82) is 0 Å². The molecule has 0 radical (unpaired) electrons. The van der Waals surface area contributed by atoms with Gasteiger partial charge >= 0.3 is 5.97 Å². The molecule has 0 aromatic carbocycles. The minimum absolute atomic E-state index is 0.0518. The number of aliphatic carboxylic acids is 1. The van der Waals surface area contributed by atoms with Crippen LogP contribution in [0.15, 0.2) is 9.85 Å². The summed E-state index contributed by atoms with van der Waals surface area (Å²) in [6, 6.07) is 1.97. The maximum atomic E-state index is 10.6. The molecule has 2 rings (SSSR count). The zero-order chi connectivity index (χ0) is 10.1. The summed E-state index contributed by atoms with van der Waals surface area (Å²) in [5, 5.41) is 8.71. The first-order valence-electron chi connectivity index (χ1n) is 4.28. The molecule has 1 atom stereocenters. The van der Waals surface area contributed by atoms with E-state index in [9.17, 15) is 4.79 Å². The lowest BCUT2D eigenvalue weighted by Gasteiger charge is -2.21. The van der Waals surface area contributed by atoms with Crippen molar-refractivity contribution >= 4 is 33.2 Å². The van der Waals surface area contributed by atoms with Crippen LogP contribution in [0.4, 0.5) is 0 Å². The molecule has 3 nitrogen and oxygen atoms in total. The summed E-state index contributed by atoms with van der Waals surface area (Å²) in [6.07, 6.45) is 0.677. The smallest absolute Gasteiger partial charge is 0.306 e. The van der Waals surface area contributed by atoms with Crippen LogP contribution in [-0.4, -0.2) is 17.7 Å². The van der Waals surface area contributed by atoms with Gasteiger partial charge in [-0.1, -0.05) is 0 Å². The van der Waals surface area contributed by atoms with E-state index in [1.165, 1.54) is 4.88 Å². The fourth-order valence-electron chi connectivity index (χ4n) is 1.59. The highest BCUT2D eigenvalue weighted by molar-refractivity contribution is 9.11. The molecule has 1 aromatic heterocycles. The number of fused-ring (bicyclic) bond motifs is 1. The normalized spacial score (nSPS) is 20.5. The summed E-state index contributed by atoms with van der Waals surface area (Å²) in [4.78, 5) is 11.8. The standard InChI is InChI=1S/C9H9BrO3S/c10-8-3-5-6(4-9(11)12)13-2-1-7(5)14-8/h3,6H,1-2,4H2,(H,11,12)/t6-/m1/s1.